The zero-order chi connectivity index (χ0) is 23.1. The van der Waals surface area contributed by atoms with Crippen molar-refractivity contribution in [1.82, 2.24) is 19.4 Å². The Morgan fingerprint density at radius 2 is 1.56 bits per heavy atom. The first-order valence-electron chi connectivity index (χ1n) is 11.6. The Kier molecular flexibility index (Phi) is 8.81. The number of carbonyl (C=O) groups excluding carboxylic acids is 2. The van der Waals surface area contributed by atoms with Crippen LogP contribution in [0.5, 0.6) is 0 Å². The van der Waals surface area contributed by atoms with Gasteiger partial charge in [0, 0.05) is 57.3 Å². The van der Waals surface area contributed by atoms with E-state index in [1.54, 1.807) is 12.1 Å². The summed E-state index contributed by atoms with van der Waals surface area (Å²) in [6.45, 7) is 11.5. The van der Waals surface area contributed by atoms with Crippen LogP contribution in [-0.4, -0.2) is 93.1 Å². The Balaban J connectivity index is 1.39. The number of amides is 1. The third kappa shape index (κ3) is 6.37. The van der Waals surface area contributed by atoms with Crippen molar-refractivity contribution in [2.24, 2.45) is 5.92 Å². The van der Waals surface area contributed by atoms with E-state index >= 15 is 0 Å². The lowest BCUT2D eigenvalue weighted by molar-refractivity contribution is -0.126. The molecule has 2 heterocycles. The SMILES string of the molecule is CCN1CCN(CCCNC(=O)C2CCN(S(=O)(=O)c3ccc(C(C)=O)cc3)CC2)CC1. The molecule has 0 spiro atoms. The maximum Gasteiger partial charge on any atom is 0.243 e. The molecule has 9 heteroatoms. The predicted octanol–water partition coefficient (Wildman–Crippen LogP) is 1.43. The second-order valence-electron chi connectivity index (χ2n) is 8.68. The van der Waals surface area contributed by atoms with E-state index in [0.29, 0.717) is 38.0 Å². The Morgan fingerprint density at radius 3 is 2.12 bits per heavy atom. The molecule has 1 amide bonds. The van der Waals surface area contributed by atoms with E-state index in [0.717, 1.165) is 45.7 Å². The molecule has 2 aliphatic rings. The van der Waals surface area contributed by atoms with Crippen LogP contribution in [0.2, 0.25) is 0 Å². The topological polar surface area (TPSA) is 90.0 Å². The van der Waals surface area contributed by atoms with Crippen molar-refractivity contribution in [3.63, 3.8) is 0 Å². The molecule has 3 rings (SSSR count). The Labute approximate surface area is 192 Å². The lowest BCUT2D eigenvalue weighted by atomic mass is 9.97. The summed E-state index contributed by atoms with van der Waals surface area (Å²) in [6, 6.07) is 6.04. The van der Waals surface area contributed by atoms with E-state index in [-0.39, 0.29) is 22.5 Å². The zero-order valence-corrected chi connectivity index (χ0v) is 20.1. The fourth-order valence-electron chi connectivity index (χ4n) is 4.36. The molecular formula is C23H36N4O4S. The average Bonchev–Trinajstić information content (AvgIpc) is 2.82. The van der Waals surface area contributed by atoms with Gasteiger partial charge in [0.15, 0.2) is 5.78 Å². The third-order valence-corrected chi connectivity index (χ3v) is 8.50. The number of Topliss-reactive ketones (excluding diaryl/α,β-unsaturated/α-hetero) is 1. The summed E-state index contributed by atoms with van der Waals surface area (Å²) in [7, 11) is -3.61. The zero-order valence-electron chi connectivity index (χ0n) is 19.3. The van der Waals surface area contributed by atoms with Crippen LogP contribution in [0.3, 0.4) is 0 Å². The molecule has 32 heavy (non-hydrogen) atoms. The minimum Gasteiger partial charge on any atom is -0.356 e. The number of nitrogens with zero attached hydrogens (tertiary/aromatic N) is 3. The first-order chi connectivity index (χ1) is 15.3. The number of hydrogen-bond acceptors (Lipinski definition) is 6. The number of ketones is 1. The minimum atomic E-state index is -3.61. The van der Waals surface area contributed by atoms with Crippen molar-refractivity contribution in [3.05, 3.63) is 29.8 Å². The van der Waals surface area contributed by atoms with Gasteiger partial charge in [-0.1, -0.05) is 19.1 Å². The summed E-state index contributed by atoms with van der Waals surface area (Å²) in [4.78, 5) is 29.0. The molecule has 1 aromatic carbocycles. The van der Waals surface area contributed by atoms with Crippen molar-refractivity contribution in [3.8, 4) is 0 Å². The molecule has 1 N–H and O–H groups in total. The van der Waals surface area contributed by atoms with Gasteiger partial charge >= 0.3 is 0 Å². The third-order valence-electron chi connectivity index (χ3n) is 6.59. The maximum absolute atomic E-state index is 12.9. The molecule has 0 saturated carbocycles. The van der Waals surface area contributed by atoms with Crippen molar-refractivity contribution in [1.29, 1.82) is 0 Å². The smallest absolute Gasteiger partial charge is 0.243 e. The Hall–Kier alpha value is -1.81. The van der Waals surface area contributed by atoms with E-state index < -0.39 is 10.0 Å². The minimum absolute atomic E-state index is 0.0312. The Bertz CT molecular complexity index is 872. The fourth-order valence-corrected chi connectivity index (χ4v) is 5.83. The van der Waals surface area contributed by atoms with Crippen LogP contribution in [0, 0.1) is 5.92 Å². The van der Waals surface area contributed by atoms with Crippen molar-refractivity contribution in [2.45, 2.75) is 38.0 Å². The number of sulfonamides is 1. The lowest BCUT2D eigenvalue weighted by Crippen LogP contribution is -2.47. The van der Waals surface area contributed by atoms with Crippen molar-refractivity contribution in [2.75, 3.05) is 58.9 Å². The number of nitrogens with one attached hydrogen (secondary N) is 1. The molecule has 2 fully saturated rings. The molecule has 0 atom stereocenters. The van der Waals surface area contributed by atoms with Gasteiger partial charge in [-0.3, -0.25) is 9.59 Å². The quantitative estimate of drug-likeness (QED) is 0.439. The number of carbonyl (C=O) groups is 2. The first kappa shape index (κ1) is 24.8. The van der Waals surface area contributed by atoms with E-state index in [9.17, 15) is 18.0 Å². The van der Waals surface area contributed by atoms with Crippen LogP contribution in [0.4, 0.5) is 0 Å². The fraction of sp³-hybridized carbons (Fsp3) is 0.652. The molecule has 2 saturated heterocycles. The van der Waals surface area contributed by atoms with Crippen LogP contribution < -0.4 is 5.32 Å². The number of benzene rings is 1. The average molecular weight is 465 g/mol. The van der Waals surface area contributed by atoms with Gasteiger partial charge in [0.2, 0.25) is 15.9 Å². The van der Waals surface area contributed by atoms with Crippen molar-refractivity contribution < 1.29 is 18.0 Å². The van der Waals surface area contributed by atoms with Gasteiger partial charge in [0.25, 0.3) is 0 Å². The monoisotopic (exact) mass is 464 g/mol. The van der Waals surface area contributed by atoms with Crippen LogP contribution in [-0.2, 0) is 14.8 Å². The van der Waals surface area contributed by atoms with E-state index in [2.05, 4.69) is 22.0 Å². The normalized spacial score (nSPS) is 19.7. The van der Waals surface area contributed by atoms with Crippen LogP contribution in [0.25, 0.3) is 0 Å². The molecule has 0 unspecified atom stereocenters. The van der Waals surface area contributed by atoms with E-state index in [1.807, 2.05) is 0 Å². The highest BCUT2D eigenvalue weighted by molar-refractivity contribution is 7.89. The lowest BCUT2D eigenvalue weighted by Gasteiger charge is -2.34. The van der Waals surface area contributed by atoms with Gasteiger partial charge in [0.1, 0.15) is 0 Å². The summed E-state index contributed by atoms with van der Waals surface area (Å²) in [5.41, 5.74) is 0.488. The second-order valence-corrected chi connectivity index (χ2v) is 10.6. The maximum atomic E-state index is 12.9. The van der Waals surface area contributed by atoms with Gasteiger partial charge in [-0.05, 0) is 51.4 Å². The highest BCUT2D eigenvalue weighted by atomic mass is 32.2. The Morgan fingerprint density at radius 1 is 0.969 bits per heavy atom. The molecule has 0 aromatic heterocycles. The molecule has 0 radical (unpaired) electrons. The van der Waals surface area contributed by atoms with Gasteiger partial charge < -0.3 is 15.1 Å². The highest BCUT2D eigenvalue weighted by Gasteiger charge is 2.32. The van der Waals surface area contributed by atoms with Crippen molar-refractivity contribution >= 4 is 21.7 Å². The van der Waals surface area contributed by atoms with Crippen LogP contribution in [0.1, 0.15) is 43.5 Å². The standard InChI is InChI=1S/C23H36N4O4S/c1-3-25-15-17-26(18-16-25)12-4-11-24-23(29)21-9-13-27(14-10-21)32(30,31)22-7-5-20(6-8-22)19(2)28/h5-8,21H,3-4,9-18H2,1-2H3,(H,24,29). The van der Waals surface area contributed by atoms with Crippen LogP contribution >= 0.6 is 0 Å². The largest absolute Gasteiger partial charge is 0.356 e. The van der Waals surface area contributed by atoms with E-state index in [4.69, 9.17) is 0 Å². The highest BCUT2D eigenvalue weighted by Crippen LogP contribution is 2.24. The molecular weight excluding hydrogens is 428 g/mol. The van der Waals surface area contributed by atoms with Gasteiger partial charge in [-0.25, -0.2) is 8.42 Å². The summed E-state index contributed by atoms with van der Waals surface area (Å²) >= 11 is 0. The molecule has 1 aromatic rings. The number of rotatable bonds is 9. The van der Waals surface area contributed by atoms with Gasteiger partial charge in [-0.2, -0.15) is 4.31 Å². The molecule has 2 aliphatic heterocycles. The summed E-state index contributed by atoms with van der Waals surface area (Å²) in [5, 5.41) is 3.04. The molecule has 178 valence electrons. The molecule has 0 bridgehead atoms. The predicted molar refractivity (Wildman–Crippen MR) is 124 cm³/mol. The summed E-state index contributed by atoms with van der Waals surface area (Å²) < 4.78 is 27.2. The summed E-state index contributed by atoms with van der Waals surface area (Å²) in [5.74, 6) is -0.210. The van der Waals surface area contributed by atoms with Gasteiger partial charge in [0.05, 0.1) is 4.90 Å². The van der Waals surface area contributed by atoms with Crippen LogP contribution in [0.15, 0.2) is 29.2 Å². The molecule has 8 nitrogen and oxygen atoms in total. The number of hydrogen-bond donors (Lipinski definition) is 1. The number of piperazine rings is 1. The van der Waals surface area contributed by atoms with E-state index in [1.165, 1.54) is 23.4 Å². The number of likely N-dealkylation sites (N-methyl/N-ethyl adjacent to an activating group) is 1. The molecule has 0 aliphatic carbocycles. The van der Waals surface area contributed by atoms with Gasteiger partial charge in [-0.15, -0.1) is 0 Å². The second kappa shape index (κ2) is 11.4. The first-order valence-corrected chi connectivity index (χ1v) is 13.1. The summed E-state index contributed by atoms with van der Waals surface area (Å²) in [6.07, 6.45) is 1.98. The number of piperidine rings is 1.